The molecule has 0 fully saturated rings. The lowest BCUT2D eigenvalue weighted by Crippen LogP contribution is -1.94. The van der Waals surface area contributed by atoms with Crippen LogP contribution in [0.3, 0.4) is 0 Å². The first-order valence-electron chi connectivity index (χ1n) is 17.9. The second kappa shape index (κ2) is 11.3. The van der Waals surface area contributed by atoms with Gasteiger partial charge in [-0.25, -0.2) is 0 Å². The van der Waals surface area contributed by atoms with Crippen LogP contribution in [-0.4, -0.2) is 9.13 Å². The Balaban J connectivity index is 1.07. The van der Waals surface area contributed by atoms with Gasteiger partial charge in [-0.3, -0.25) is 0 Å². The molecule has 0 N–H and O–H groups in total. The van der Waals surface area contributed by atoms with Gasteiger partial charge in [0.15, 0.2) is 0 Å². The Morgan fingerprint density at radius 1 is 0.250 bits per heavy atom. The molecule has 0 bridgehead atoms. The van der Waals surface area contributed by atoms with Crippen molar-refractivity contribution in [2.75, 3.05) is 0 Å². The molecule has 2 heteroatoms. The maximum Gasteiger partial charge on any atom is 0.0541 e. The lowest BCUT2D eigenvalue weighted by atomic mass is 9.98. The van der Waals surface area contributed by atoms with Crippen molar-refractivity contribution in [3.63, 3.8) is 0 Å². The number of rotatable bonds is 4. The highest BCUT2D eigenvalue weighted by molar-refractivity contribution is 6.13. The summed E-state index contributed by atoms with van der Waals surface area (Å²) in [5, 5.41) is 10.0. The number of hydrogen-bond donors (Lipinski definition) is 0. The topological polar surface area (TPSA) is 9.86 Å². The SMILES string of the molecule is c1cc(-c2cccc3ccccc23)cc(-n2c3ccccc3c3cc(-c4ccc5c(c4)c4ccccc4n5-c4ccc5ccccc5c4)ccc32)c1. The fourth-order valence-corrected chi connectivity index (χ4v) is 8.47. The predicted octanol–water partition coefficient (Wildman–Crippen LogP) is 13.5. The summed E-state index contributed by atoms with van der Waals surface area (Å²) in [6, 6.07) is 71.1. The van der Waals surface area contributed by atoms with Crippen LogP contribution in [0.15, 0.2) is 194 Å². The van der Waals surface area contributed by atoms with Gasteiger partial charge >= 0.3 is 0 Å². The second-order valence-corrected chi connectivity index (χ2v) is 13.8. The molecule has 11 aromatic rings. The van der Waals surface area contributed by atoms with Gasteiger partial charge in [0.2, 0.25) is 0 Å². The predicted molar refractivity (Wildman–Crippen MR) is 221 cm³/mol. The normalized spacial score (nSPS) is 11.8. The highest BCUT2D eigenvalue weighted by atomic mass is 15.0. The van der Waals surface area contributed by atoms with Gasteiger partial charge in [0.05, 0.1) is 22.1 Å². The molecule has 0 saturated heterocycles. The molecule has 0 saturated carbocycles. The quantitative estimate of drug-likeness (QED) is 0.178. The third-order valence-electron chi connectivity index (χ3n) is 10.9. The van der Waals surface area contributed by atoms with Gasteiger partial charge in [0.25, 0.3) is 0 Å². The van der Waals surface area contributed by atoms with Crippen molar-refractivity contribution >= 4 is 65.2 Å². The summed E-state index contributed by atoms with van der Waals surface area (Å²) in [6.07, 6.45) is 0. The molecule has 0 amide bonds. The van der Waals surface area contributed by atoms with E-state index in [9.17, 15) is 0 Å². The van der Waals surface area contributed by atoms with Crippen LogP contribution in [0.4, 0.5) is 0 Å². The molecule has 2 heterocycles. The van der Waals surface area contributed by atoms with Gasteiger partial charge in [-0.15, -0.1) is 0 Å². The Morgan fingerprint density at radius 2 is 0.769 bits per heavy atom. The van der Waals surface area contributed by atoms with Gasteiger partial charge in [0.1, 0.15) is 0 Å². The summed E-state index contributed by atoms with van der Waals surface area (Å²) in [5.41, 5.74) is 12.1. The highest BCUT2D eigenvalue weighted by Crippen LogP contribution is 2.39. The number of fused-ring (bicyclic) bond motifs is 8. The van der Waals surface area contributed by atoms with Crippen LogP contribution in [0.1, 0.15) is 0 Å². The van der Waals surface area contributed by atoms with Gasteiger partial charge in [-0.05, 0) is 104 Å². The van der Waals surface area contributed by atoms with Gasteiger partial charge in [-0.2, -0.15) is 0 Å². The lowest BCUT2D eigenvalue weighted by molar-refractivity contribution is 1.18. The molecule has 242 valence electrons. The molecule has 52 heavy (non-hydrogen) atoms. The molecular formula is C50H32N2. The van der Waals surface area contributed by atoms with E-state index in [-0.39, 0.29) is 0 Å². The zero-order chi connectivity index (χ0) is 34.2. The molecule has 0 unspecified atom stereocenters. The van der Waals surface area contributed by atoms with Crippen molar-refractivity contribution in [1.29, 1.82) is 0 Å². The van der Waals surface area contributed by atoms with E-state index in [1.165, 1.54) is 93.1 Å². The molecule has 0 aliphatic carbocycles. The largest absolute Gasteiger partial charge is 0.309 e. The fourth-order valence-electron chi connectivity index (χ4n) is 8.47. The van der Waals surface area contributed by atoms with Crippen molar-refractivity contribution in [2.45, 2.75) is 0 Å². The van der Waals surface area contributed by atoms with Crippen LogP contribution < -0.4 is 0 Å². The molecule has 2 nitrogen and oxygen atoms in total. The summed E-state index contributed by atoms with van der Waals surface area (Å²) in [4.78, 5) is 0. The van der Waals surface area contributed by atoms with E-state index in [2.05, 4.69) is 203 Å². The first-order valence-corrected chi connectivity index (χ1v) is 17.9. The first-order chi connectivity index (χ1) is 25.8. The third-order valence-corrected chi connectivity index (χ3v) is 10.9. The zero-order valence-electron chi connectivity index (χ0n) is 28.4. The number of para-hydroxylation sites is 2. The number of benzene rings is 9. The Morgan fingerprint density at radius 3 is 1.46 bits per heavy atom. The molecule has 9 aromatic carbocycles. The lowest BCUT2D eigenvalue weighted by Gasteiger charge is -2.12. The standard InChI is InChI=1S/C50H32N2/c1-2-13-35-29-40(26-23-33(35)11-1)52-48-22-8-6-19-44(48)46-32-37(25-28-50(46)52)36-24-27-49-45(31-36)43-18-5-7-21-47(43)51(49)39-16-9-15-38(30-39)42-20-10-14-34-12-3-4-17-41(34)42/h1-32H. The van der Waals surface area contributed by atoms with Crippen molar-refractivity contribution < 1.29 is 0 Å². The second-order valence-electron chi connectivity index (χ2n) is 13.8. The van der Waals surface area contributed by atoms with Crippen molar-refractivity contribution in [1.82, 2.24) is 9.13 Å². The number of hydrogen-bond acceptors (Lipinski definition) is 0. The highest BCUT2D eigenvalue weighted by Gasteiger charge is 2.17. The Kier molecular flexibility index (Phi) is 6.28. The summed E-state index contributed by atoms with van der Waals surface area (Å²) in [6.45, 7) is 0. The maximum atomic E-state index is 2.42. The van der Waals surface area contributed by atoms with Crippen molar-refractivity contribution in [3.8, 4) is 33.6 Å². The van der Waals surface area contributed by atoms with Crippen LogP contribution in [-0.2, 0) is 0 Å². The molecule has 0 radical (unpaired) electrons. The minimum atomic E-state index is 1.16. The Labute approximate surface area is 301 Å². The fraction of sp³-hybridized carbons (Fsp3) is 0. The monoisotopic (exact) mass is 660 g/mol. The van der Waals surface area contributed by atoms with E-state index in [0.717, 1.165) is 5.69 Å². The van der Waals surface area contributed by atoms with Crippen LogP contribution in [0.2, 0.25) is 0 Å². The third kappa shape index (κ3) is 4.38. The molecular weight excluding hydrogens is 629 g/mol. The van der Waals surface area contributed by atoms with Crippen LogP contribution in [0.5, 0.6) is 0 Å². The van der Waals surface area contributed by atoms with E-state index in [1.807, 2.05) is 0 Å². The molecule has 0 spiro atoms. The average molecular weight is 661 g/mol. The van der Waals surface area contributed by atoms with E-state index >= 15 is 0 Å². The molecule has 0 aliphatic heterocycles. The smallest absolute Gasteiger partial charge is 0.0541 e. The minimum absolute atomic E-state index is 1.16. The van der Waals surface area contributed by atoms with E-state index in [0.29, 0.717) is 0 Å². The molecule has 0 aliphatic rings. The maximum absolute atomic E-state index is 2.42. The molecule has 2 aromatic heterocycles. The summed E-state index contributed by atoms with van der Waals surface area (Å²) in [5.74, 6) is 0. The van der Waals surface area contributed by atoms with E-state index in [1.54, 1.807) is 0 Å². The van der Waals surface area contributed by atoms with Gasteiger partial charge in [-0.1, -0.05) is 133 Å². The van der Waals surface area contributed by atoms with E-state index in [4.69, 9.17) is 0 Å². The average Bonchev–Trinajstić information content (AvgIpc) is 3.73. The van der Waals surface area contributed by atoms with Gasteiger partial charge < -0.3 is 9.13 Å². The van der Waals surface area contributed by atoms with E-state index < -0.39 is 0 Å². The number of nitrogens with zero attached hydrogens (tertiary/aromatic N) is 2. The number of aromatic nitrogens is 2. The zero-order valence-corrected chi connectivity index (χ0v) is 28.4. The summed E-state index contributed by atoms with van der Waals surface area (Å²) in [7, 11) is 0. The van der Waals surface area contributed by atoms with Crippen LogP contribution in [0.25, 0.3) is 98.8 Å². The van der Waals surface area contributed by atoms with Crippen molar-refractivity contribution in [3.05, 3.63) is 194 Å². The first kappa shape index (κ1) is 28.9. The molecule has 0 atom stereocenters. The Bertz CT molecular complexity index is 3190. The summed E-state index contributed by atoms with van der Waals surface area (Å²) < 4.78 is 4.83. The Hall–Kier alpha value is -6.90. The van der Waals surface area contributed by atoms with Crippen LogP contribution in [0, 0.1) is 0 Å². The van der Waals surface area contributed by atoms with Gasteiger partial charge in [0, 0.05) is 32.9 Å². The minimum Gasteiger partial charge on any atom is -0.309 e. The van der Waals surface area contributed by atoms with Crippen molar-refractivity contribution in [2.24, 2.45) is 0 Å². The molecule has 11 rings (SSSR count). The summed E-state index contributed by atoms with van der Waals surface area (Å²) >= 11 is 0. The van der Waals surface area contributed by atoms with Crippen LogP contribution >= 0.6 is 0 Å².